The molecule has 0 bridgehead atoms. The molecule has 24 heavy (non-hydrogen) atoms. The molecule has 128 valence electrons. The van der Waals surface area contributed by atoms with Crippen LogP contribution in [0, 0.1) is 5.82 Å². The second-order valence-electron chi connectivity index (χ2n) is 6.61. The summed E-state index contributed by atoms with van der Waals surface area (Å²) in [6.07, 6.45) is 3.84. The van der Waals surface area contributed by atoms with Crippen molar-refractivity contribution in [2.45, 2.75) is 31.4 Å². The zero-order chi connectivity index (χ0) is 17.0. The quantitative estimate of drug-likeness (QED) is 0.885. The number of nitrogens with one attached hydrogen (secondary N) is 1. The van der Waals surface area contributed by atoms with Gasteiger partial charge < -0.3 is 15.3 Å². The Hall–Kier alpha value is -1.98. The predicted molar refractivity (Wildman–Crippen MR) is 93.4 cm³/mol. The van der Waals surface area contributed by atoms with Crippen LogP contribution in [0.25, 0.3) is 0 Å². The number of nitrogens with zero attached hydrogens (tertiary/aromatic N) is 2. The van der Waals surface area contributed by atoms with Gasteiger partial charge in [-0.15, -0.1) is 0 Å². The molecule has 1 aliphatic heterocycles. The summed E-state index contributed by atoms with van der Waals surface area (Å²) in [5.74, 6) is 0.735. The number of piperidine rings is 1. The number of benzene rings is 1. The Labute approximate surface area is 142 Å². The Bertz CT molecular complexity index is 637. The zero-order valence-corrected chi connectivity index (χ0v) is 14.0. The molecule has 0 amide bonds. The van der Waals surface area contributed by atoms with E-state index in [1.54, 1.807) is 19.1 Å². The third kappa shape index (κ3) is 4.10. The van der Waals surface area contributed by atoms with E-state index in [1.165, 1.54) is 12.1 Å². The van der Waals surface area contributed by atoms with Crippen molar-refractivity contribution in [1.82, 2.24) is 10.3 Å². The highest BCUT2D eigenvalue weighted by atomic mass is 19.1. The van der Waals surface area contributed by atoms with Crippen LogP contribution in [0.1, 0.15) is 25.3 Å². The van der Waals surface area contributed by atoms with Gasteiger partial charge >= 0.3 is 0 Å². The van der Waals surface area contributed by atoms with Crippen LogP contribution >= 0.6 is 0 Å². The lowest BCUT2D eigenvalue weighted by Gasteiger charge is -2.35. The van der Waals surface area contributed by atoms with Gasteiger partial charge in [-0.05, 0) is 49.6 Å². The van der Waals surface area contributed by atoms with Gasteiger partial charge in [0.25, 0.3) is 0 Å². The maximum Gasteiger partial charge on any atom is 0.128 e. The minimum atomic E-state index is -1.01. The number of aliphatic hydroxyl groups is 1. The first-order valence-corrected chi connectivity index (χ1v) is 8.42. The number of anilines is 1. The highest BCUT2D eigenvalue weighted by Crippen LogP contribution is 2.22. The molecule has 1 fully saturated rings. The average Bonchev–Trinajstić information content (AvgIpc) is 2.62. The predicted octanol–water partition coefficient (Wildman–Crippen LogP) is 2.69. The second-order valence-corrected chi connectivity index (χ2v) is 6.61. The summed E-state index contributed by atoms with van der Waals surface area (Å²) in [7, 11) is 0. The first-order chi connectivity index (χ1) is 11.5. The lowest BCUT2D eigenvalue weighted by atomic mass is 9.95. The van der Waals surface area contributed by atoms with E-state index < -0.39 is 5.60 Å². The fourth-order valence-corrected chi connectivity index (χ4v) is 3.11. The monoisotopic (exact) mass is 329 g/mol. The van der Waals surface area contributed by atoms with Gasteiger partial charge in [0.05, 0.1) is 5.60 Å². The summed E-state index contributed by atoms with van der Waals surface area (Å²) in [6.45, 7) is 4.11. The van der Waals surface area contributed by atoms with E-state index in [0.717, 1.165) is 37.3 Å². The fraction of sp³-hybridized carbons (Fsp3) is 0.421. The zero-order valence-electron chi connectivity index (χ0n) is 14.0. The highest BCUT2D eigenvalue weighted by molar-refractivity contribution is 5.38. The Morgan fingerprint density at radius 2 is 1.92 bits per heavy atom. The normalized spacial score (nSPS) is 18.4. The van der Waals surface area contributed by atoms with Crippen LogP contribution in [0.2, 0.25) is 0 Å². The van der Waals surface area contributed by atoms with Crippen LogP contribution in [0.15, 0.2) is 48.7 Å². The van der Waals surface area contributed by atoms with E-state index in [1.807, 2.05) is 24.4 Å². The van der Waals surface area contributed by atoms with Crippen molar-refractivity contribution in [3.63, 3.8) is 0 Å². The highest BCUT2D eigenvalue weighted by Gasteiger charge is 2.26. The first-order valence-electron chi connectivity index (χ1n) is 8.42. The molecule has 1 aromatic carbocycles. The summed E-state index contributed by atoms with van der Waals surface area (Å²) in [6, 6.07) is 12.4. The summed E-state index contributed by atoms with van der Waals surface area (Å²) in [5, 5.41) is 14.1. The van der Waals surface area contributed by atoms with E-state index in [4.69, 9.17) is 0 Å². The Balaban J connectivity index is 1.50. The number of halogens is 1. The number of hydrogen-bond acceptors (Lipinski definition) is 4. The van der Waals surface area contributed by atoms with Crippen LogP contribution < -0.4 is 10.2 Å². The summed E-state index contributed by atoms with van der Waals surface area (Å²) in [5.41, 5.74) is -0.284. The van der Waals surface area contributed by atoms with Gasteiger partial charge in [0.1, 0.15) is 11.6 Å². The molecule has 0 spiro atoms. The number of hydrogen-bond donors (Lipinski definition) is 2. The van der Waals surface area contributed by atoms with E-state index in [0.29, 0.717) is 12.6 Å². The molecule has 2 N–H and O–H groups in total. The molecule has 2 heterocycles. The van der Waals surface area contributed by atoms with Gasteiger partial charge in [0.15, 0.2) is 0 Å². The van der Waals surface area contributed by atoms with Gasteiger partial charge in [-0.2, -0.15) is 0 Å². The Kier molecular flexibility index (Phi) is 5.11. The van der Waals surface area contributed by atoms with Crippen LogP contribution in [-0.2, 0) is 5.60 Å². The average molecular weight is 329 g/mol. The van der Waals surface area contributed by atoms with Gasteiger partial charge in [-0.25, -0.2) is 9.37 Å². The SMILES string of the molecule is CC(O)(CNC1CCN(c2ccccn2)CC1)c1ccc(F)cc1. The first kappa shape index (κ1) is 16.9. The van der Waals surface area contributed by atoms with Crippen LogP contribution in [0.5, 0.6) is 0 Å². The lowest BCUT2D eigenvalue weighted by molar-refractivity contribution is 0.0527. The molecule has 0 saturated carbocycles. The molecule has 0 radical (unpaired) electrons. The number of pyridine rings is 1. The van der Waals surface area contributed by atoms with Crippen LogP contribution in [-0.4, -0.2) is 35.8 Å². The van der Waals surface area contributed by atoms with Crippen molar-refractivity contribution in [2.24, 2.45) is 0 Å². The van der Waals surface area contributed by atoms with Gasteiger partial charge in [0, 0.05) is 31.9 Å². The summed E-state index contributed by atoms with van der Waals surface area (Å²) >= 11 is 0. The minimum absolute atomic E-state index is 0.288. The Morgan fingerprint density at radius 1 is 1.21 bits per heavy atom. The largest absolute Gasteiger partial charge is 0.384 e. The van der Waals surface area contributed by atoms with E-state index >= 15 is 0 Å². The van der Waals surface area contributed by atoms with Crippen LogP contribution in [0.3, 0.4) is 0 Å². The molecule has 1 aliphatic rings. The van der Waals surface area contributed by atoms with E-state index in [2.05, 4.69) is 15.2 Å². The Morgan fingerprint density at radius 3 is 2.54 bits per heavy atom. The van der Waals surface area contributed by atoms with E-state index in [9.17, 15) is 9.50 Å². The minimum Gasteiger partial charge on any atom is -0.384 e. The third-order valence-electron chi connectivity index (χ3n) is 4.67. The maximum absolute atomic E-state index is 13.0. The molecule has 3 rings (SSSR count). The maximum atomic E-state index is 13.0. The molecule has 1 atom stereocenters. The topological polar surface area (TPSA) is 48.4 Å². The molecule has 2 aromatic rings. The molecule has 4 nitrogen and oxygen atoms in total. The van der Waals surface area contributed by atoms with Crippen molar-refractivity contribution >= 4 is 5.82 Å². The van der Waals surface area contributed by atoms with Crippen molar-refractivity contribution in [1.29, 1.82) is 0 Å². The van der Waals surface area contributed by atoms with Crippen LogP contribution in [0.4, 0.5) is 10.2 Å². The summed E-state index contributed by atoms with van der Waals surface area (Å²) in [4.78, 5) is 6.68. The van der Waals surface area contributed by atoms with Crippen molar-refractivity contribution in [2.75, 3.05) is 24.5 Å². The second kappa shape index (κ2) is 7.28. The lowest BCUT2D eigenvalue weighted by Crippen LogP contribution is -2.46. The van der Waals surface area contributed by atoms with Gasteiger partial charge in [-0.3, -0.25) is 0 Å². The van der Waals surface area contributed by atoms with Crippen molar-refractivity contribution in [3.05, 3.63) is 60.0 Å². The molecule has 1 saturated heterocycles. The number of rotatable bonds is 5. The molecule has 1 aromatic heterocycles. The van der Waals surface area contributed by atoms with Gasteiger partial charge in [0.2, 0.25) is 0 Å². The standard InChI is InChI=1S/C19H24FN3O/c1-19(24,15-5-7-16(20)8-6-15)14-22-17-9-12-23(13-10-17)18-4-2-3-11-21-18/h2-8,11,17,22,24H,9-10,12-14H2,1H3. The van der Waals surface area contributed by atoms with Crippen molar-refractivity contribution in [3.8, 4) is 0 Å². The van der Waals surface area contributed by atoms with E-state index in [-0.39, 0.29) is 5.82 Å². The third-order valence-corrected chi connectivity index (χ3v) is 4.67. The van der Waals surface area contributed by atoms with Crippen molar-refractivity contribution < 1.29 is 9.50 Å². The molecular weight excluding hydrogens is 305 g/mol. The number of aromatic nitrogens is 1. The molecule has 0 aliphatic carbocycles. The summed E-state index contributed by atoms with van der Waals surface area (Å²) < 4.78 is 13.0. The fourth-order valence-electron chi connectivity index (χ4n) is 3.11. The van der Waals surface area contributed by atoms with Gasteiger partial charge in [-0.1, -0.05) is 18.2 Å². The molecule has 1 unspecified atom stereocenters. The smallest absolute Gasteiger partial charge is 0.128 e. The molecule has 5 heteroatoms. The molecular formula is C19H24FN3O.